The molecule has 0 radical (unpaired) electrons. The first kappa shape index (κ1) is 21.5. The van der Waals surface area contributed by atoms with Crippen LogP contribution in [-0.4, -0.2) is 60.9 Å². The molecule has 1 heterocycles. The van der Waals surface area contributed by atoms with Crippen molar-refractivity contribution in [2.75, 3.05) is 26.7 Å². The number of thiocarbonyl (C=S) groups is 1. The maximum atomic E-state index is 9.33. The summed E-state index contributed by atoms with van der Waals surface area (Å²) in [6.45, 7) is 8.18. The Morgan fingerprint density at radius 1 is 1.33 bits per heavy atom. The molecule has 8 heteroatoms. The van der Waals surface area contributed by atoms with Crippen LogP contribution in [0.15, 0.2) is 24.3 Å². The summed E-state index contributed by atoms with van der Waals surface area (Å²) in [5.74, 6) is 0.292. The number of hydrogen-bond acceptors (Lipinski definition) is 5. The molecular weight excluding hydrogens is 361 g/mol. The van der Waals surface area contributed by atoms with Gasteiger partial charge >= 0.3 is 168 Å². The van der Waals surface area contributed by atoms with Gasteiger partial charge in [0.15, 0.2) is 0 Å². The van der Waals surface area contributed by atoms with Crippen LogP contribution in [0.1, 0.15) is 32.8 Å². The molecule has 0 amide bonds. The molecule has 1 aromatic carbocycles. The van der Waals surface area contributed by atoms with Crippen molar-refractivity contribution in [3.63, 3.8) is 0 Å². The minimum absolute atomic E-state index is 0.292. The van der Waals surface area contributed by atoms with Gasteiger partial charge in [-0.25, -0.2) is 0 Å². The fourth-order valence-electron chi connectivity index (χ4n) is 2.70. The van der Waals surface area contributed by atoms with Crippen molar-refractivity contribution < 1.29 is 14.5 Å². The average molecular weight is 391 g/mol. The van der Waals surface area contributed by atoms with Gasteiger partial charge in [0.05, 0.1) is 0 Å². The predicted octanol–water partition coefficient (Wildman–Crippen LogP) is 1.34. The number of ether oxygens (including phenoxy) is 1. The van der Waals surface area contributed by atoms with Crippen LogP contribution in [0, 0.1) is 0 Å². The average Bonchev–Trinajstić information content (AvgIpc) is 2.63. The molecule has 1 aromatic rings. The predicted molar refractivity (Wildman–Crippen MR) is 114 cm³/mol. The summed E-state index contributed by atoms with van der Waals surface area (Å²) in [7, 11) is 3.56. The normalized spacial score (nSPS) is 18.4. The third kappa shape index (κ3) is 6.70. The van der Waals surface area contributed by atoms with E-state index >= 15 is 0 Å². The number of benzene rings is 1. The van der Waals surface area contributed by atoms with Crippen LogP contribution in [0.3, 0.4) is 0 Å². The van der Waals surface area contributed by atoms with E-state index in [0.717, 1.165) is 25.0 Å². The van der Waals surface area contributed by atoms with E-state index in [4.69, 9.17) is 21.6 Å². The number of nitrogens with one attached hydrogen (secondary N) is 3. The first-order chi connectivity index (χ1) is 12.7. The molecule has 2 rings (SSSR count). The SMILES string of the molecule is CNC(=S)NCC(C)(C)OCCC1(C)OB=C1NCCc1ccc(O)cc1. The summed E-state index contributed by atoms with van der Waals surface area (Å²) in [6.07, 6.45) is 1.65. The number of rotatable bonds is 10. The topological polar surface area (TPSA) is 74.8 Å². The van der Waals surface area contributed by atoms with Gasteiger partial charge in [-0.15, -0.1) is 0 Å². The van der Waals surface area contributed by atoms with E-state index in [1.807, 2.05) is 26.0 Å². The van der Waals surface area contributed by atoms with Gasteiger partial charge in [-0.05, 0) is 0 Å². The summed E-state index contributed by atoms with van der Waals surface area (Å²) in [4.78, 5) is 0. The fraction of sp³-hybridized carbons (Fsp3) is 0.579. The second-order valence-electron chi connectivity index (χ2n) is 7.51. The van der Waals surface area contributed by atoms with Crippen LogP contribution in [0.2, 0.25) is 0 Å². The monoisotopic (exact) mass is 391 g/mol. The van der Waals surface area contributed by atoms with Gasteiger partial charge in [-0.2, -0.15) is 0 Å². The van der Waals surface area contributed by atoms with Gasteiger partial charge in [0.2, 0.25) is 0 Å². The zero-order valence-electron chi connectivity index (χ0n) is 16.6. The minimum atomic E-state index is -0.335. The number of hydrogen-bond donors (Lipinski definition) is 4. The molecule has 6 nitrogen and oxygen atoms in total. The third-order valence-corrected chi connectivity index (χ3v) is 4.99. The Balaban J connectivity index is 1.69. The van der Waals surface area contributed by atoms with Gasteiger partial charge in [-0.3, -0.25) is 0 Å². The summed E-state index contributed by atoms with van der Waals surface area (Å²) < 4.78 is 11.7. The molecule has 0 fully saturated rings. The van der Waals surface area contributed by atoms with Gasteiger partial charge in [0.25, 0.3) is 0 Å². The summed E-state index contributed by atoms with van der Waals surface area (Å²) in [6, 6.07) is 7.29. The fourth-order valence-corrected chi connectivity index (χ4v) is 2.77. The molecule has 1 atom stereocenters. The van der Waals surface area contributed by atoms with E-state index in [9.17, 15) is 5.11 Å². The van der Waals surface area contributed by atoms with Crippen molar-refractivity contribution in [1.29, 1.82) is 0 Å². The van der Waals surface area contributed by atoms with E-state index in [1.54, 1.807) is 26.3 Å². The van der Waals surface area contributed by atoms with Crippen molar-refractivity contribution in [1.82, 2.24) is 16.0 Å². The zero-order valence-corrected chi connectivity index (χ0v) is 17.4. The molecular formula is C19H30BN3O3S. The van der Waals surface area contributed by atoms with Crippen LogP contribution < -0.4 is 16.0 Å². The van der Waals surface area contributed by atoms with Gasteiger partial charge in [0, 0.05) is 0 Å². The first-order valence-electron chi connectivity index (χ1n) is 9.24. The number of phenolic OH excluding ortho intramolecular Hbond substituents is 1. The van der Waals surface area contributed by atoms with Crippen LogP contribution in [-0.2, 0) is 15.8 Å². The quantitative estimate of drug-likeness (QED) is 0.354. The number of phenols is 1. The molecule has 0 spiro atoms. The van der Waals surface area contributed by atoms with E-state index in [1.165, 1.54) is 5.56 Å². The van der Waals surface area contributed by atoms with Crippen LogP contribution in [0.4, 0.5) is 0 Å². The van der Waals surface area contributed by atoms with E-state index in [2.05, 4.69) is 22.9 Å². The molecule has 0 bridgehead atoms. The summed E-state index contributed by atoms with van der Waals surface area (Å²) in [5.41, 5.74) is 1.62. The Morgan fingerprint density at radius 3 is 2.63 bits per heavy atom. The third-order valence-electron chi connectivity index (χ3n) is 4.65. The molecule has 148 valence electrons. The molecule has 0 aliphatic carbocycles. The summed E-state index contributed by atoms with van der Waals surface area (Å²) >= 11 is 5.09. The molecule has 1 aliphatic heterocycles. The summed E-state index contributed by atoms with van der Waals surface area (Å²) in [5, 5.41) is 19.4. The van der Waals surface area contributed by atoms with Crippen molar-refractivity contribution in [3.8, 4) is 5.75 Å². The second kappa shape index (κ2) is 9.42. The Morgan fingerprint density at radius 2 is 2.04 bits per heavy atom. The molecule has 27 heavy (non-hydrogen) atoms. The van der Waals surface area contributed by atoms with Crippen LogP contribution >= 0.6 is 12.2 Å². The maximum absolute atomic E-state index is 9.33. The van der Waals surface area contributed by atoms with Crippen molar-refractivity contribution in [2.24, 2.45) is 0 Å². The van der Waals surface area contributed by atoms with Gasteiger partial charge < -0.3 is 0 Å². The molecule has 0 saturated heterocycles. The zero-order chi connectivity index (χ0) is 19.9. The molecule has 1 unspecified atom stereocenters. The first-order valence-corrected chi connectivity index (χ1v) is 9.65. The Bertz CT molecular complexity index is 667. The molecule has 1 aliphatic rings. The van der Waals surface area contributed by atoms with E-state index in [0.29, 0.717) is 24.0 Å². The Hall–Kier alpha value is -1.80. The van der Waals surface area contributed by atoms with E-state index in [-0.39, 0.29) is 11.2 Å². The Labute approximate surface area is 168 Å². The van der Waals surface area contributed by atoms with Gasteiger partial charge in [0.1, 0.15) is 0 Å². The second-order valence-corrected chi connectivity index (χ2v) is 7.92. The van der Waals surface area contributed by atoms with Crippen LogP contribution in [0.5, 0.6) is 5.75 Å². The standard InChI is InChI=1S/C19H30BN3O3S/c1-18(2,13-23-17(27)21-4)25-12-10-19(3)16(20-26-19)22-11-9-14-5-7-15(24)8-6-14/h5-8,22,24H,9-13H2,1-4H3,(H2,21,23,27). The molecule has 4 N–H and O–H groups in total. The van der Waals surface area contributed by atoms with Crippen molar-refractivity contribution >= 4 is 30.0 Å². The van der Waals surface area contributed by atoms with Crippen LogP contribution in [0.25, 0.3) is 0 Å². The molecule has 0 aromatic heterocycles. The van der Waals surface area contributed by atoms with Crippen molar-refractivity contribution in [2.45, 2.75) is 44.8 Å². The van der Waals surface area contributed by atoms with Gasteiger partial charge in [-0.1, -0.05) is 0 Å². The molecule has 0 saturated carbocycles. The number of aromatic hydroxyl groups is 1. The van der Waals surface area contributed by atoms with E-state index < -0.39 is 0 Å². The Kier molecular flexibility index (Phi) is 7.50. The van der Waals surface area contributed by atoms with Crippen molar-refractivity contribution in [3.05, 3.63) is 29.8 Å².